The van der Waals surface area contributed by atoms with Gasteiger partial charge in [-0.3, -0.25) is 34.4 Å². The highest BCUT2D eigenvalue weighted by Crippen LogP contribution is 2.30. The van der Waals surface area contributed by atoms with E-state index >= 15 is 0 Å². The number of non-ortho nitro benzene ring substituents is 1. The summed E-state index contributed by atoms with van der Waals surface area (Å²) in [4.78, 5) is 63.9. The van der Waals surface area contributed by atoms with E-state index in [1.807, 2.05) is 0 Å². The number of hydrogen-bond donors (Lipinski definition) is 2. The first-order chi connectivity index (χ1) is 18.6. The van der Waals surface area contributed by atoms with Gasteiger partial charge in [0.25, 0.3) is 11.4 Å². The molecule has 3 aromatic rings. The molecule has 1 fully saturated rings. The second-order valence-electron chi connectivity index (χ2n) is 9.04. The number of nitro groups is 2. The van der Waals surface area contributed by atoms with Gasteiger partial charge < -0.3 is 25.1 Å². The molecule has 1 saturated heterocycles. The Kier molecular flexibility index (Phi) is 7.90. The van der Waals surface area contributed by atoms with Crippen molar-refractivity contribution in [2.24, 2.45) is 5.73 Å². The van der Waals surface area contributed by atoms with Crippen LogP contribution in [0.15, 0.2) is 35.1 Å². The molecular weight excluding hydrogens is 516 g/mol. The van der Waals surface area contributed by atoms with Crippen LogP contribution in [-0.2, 0) is 27.3 Å². The molecule has 0 aliphatic carbocycles. The van der Waals surface area contributed by atoms with Crippen molar-refractivity contribution in [2.45, 2.75) is 31.9 Å². The fourth-order valence-corrected chi connectivity index (χ4v) is 4.73. The highest BCUT2D eigenvalue weighted by atomic mass is 16.6. The van der Waals surface area contributed by atoms with E-state index in [1.54, 1.807) is 0 Å². The molecule has 1 aromatic heterocycles. The maximum atomic E-state index is 13.4. The SMILES string of the molecule is COc1ccc([N+](=O)[O-])cc1Cn1c(=O)[nH]c2ccc([N+](=O)[O-])c(CC(=O)N(CC(N)=O)CC3CCCO3)c21. The number of imidazole rings is 1. The number of hydrogen-bond acceptors (Lipinski definition) is 9. The Morgan fingerprint density at radius 3 is 2.62 bits per heavy atom. The molecule has 2 heterocycles. The molecule has 2 aromatic carbocycles. The lowest BCUT2D eigenvalue weighted by Gasteiger charge is -2.24. The first kappa shape index (κ1) is 27.3. The zero-order chi connectivity index (χ0) is 28.3. The Labute approximate surface area is 220 Å². The number of benzene rings is 2. The van der Waals surface area contributed by atoms with Crippen molar-refractivity contribution in [1.82, 2.24) is 14.5 Å². The number of ether oxygens (including phenoxy) is 2. The average molecular weight is 543 g/mol. The van der Waals surface area contributed by atoms with Gasteiger partial charge in [0.15, 0.2) is 0 Å². The van der Waals surface area contributed by atoms with Crippen LogP contribution < -0.4 is 16.2 Å². The van der Waals surface area contributed by atoms with Gasteiger partial charge in [-0.15, -0.1) is 0 Å². The largest absolute Gasteiger partial charge is 0.496 e. The first-order valence-corrected chi connectivity index (χ1v) is 12.0. The third-order valence-electron chi connectivity index (χ3n) is 6.49. The molecule has 4 rings (SSSR count). The lowest BCUT2D eigenvalue weighted by Crippen LogP contribution is -2.43. The number of nitro benzene ring substituents is 2. The topological polar surface area (TPSA) is 206 Å². The Bertz CT molecular complexity index is 1510. The number of fused-ring (bicyclic) bond motifs is 1. The number of carbonyl (C=O) groups is 2. The molecule has 3 N–H and O–H groups in total. The van der Waals surface area contributed by atoms with Crippen LogP contribution in [-0.4, -0.2) is 69.0 Å². The molecule has 1 aliphatic heterocycles. The number of rotatable bonds is 11. The van der Waals surface area contributed by atoms with Gasteiger partial charge >= 0.3 is 5.69 Å². The second-order valence-corrected chi connectivity index (χ2v) is 9.04. The second kappa shape index (κ2) is 11.3. The number of aromatic amines is 1. The fraction of sp³-hybridized carbons (Fsp3) is 0.375. The molecule has 0 bridgehead atoms. The quantitative estimate of drug-likeness (QED) is 0.263. The van der Waals surface area contributed by atoms with Gasteiger partial charge in [0.1, 0.15) is 5.75 Å². The monoisotopic (exact) mass is 542 g/mol. The summed E-state index contributed by atoms with van der Waals surface area (Å²) in [6.07, 6.45) is 0.661. The van der Waals surface area contributed by atoms with Gasteiger partial charge in [-0.05, 0) is 25.0 Å². The predicted octanol–water partition coefficient (Wildman–Crippen LogP) is 1.24. The van der Waals surface area contributed by atoms with E-state index < -0.39 is 46.0 Å². The number of primary amides is 1. The molecule has 0 radical (unpaired) electrons. The number of methoxy groups -OCH3 is 1. The minimum absolute atomic E-state index is 0.0629. The van der Waals surface area contributed by atoms with E-state index in [0.717, 1.165) is 11.0 Å². The van der Waals surface area contributed by atoms with Gasteiger partial charge in [-0.1, -0.05) is 0 Å². The van der Waals surface area contributed by atoms with Crippen molar-refractivity contribution in [1.29, 1.82) is 0 Å². The summed E-state index contributed by atoms with van der Waals surface area (Å²) in [6, 6.07) is 6.39. The zero-order valence-electron chi connectivity index (χ0n) is 21.0. The Hall–Kier alpha value is -4.79. The van der Waals surface area contributed by atoms with E-state index in [9.17, 15) is 34.6 Å². The lowest BCUT2D eigenvalue weighted by atomic mass is 10.1. The van der Waals surface area contributed by atoms with Crippen LogP contribution in [0.3, 0.4) is 0 Å². The van der Waals surface area contributed by atoms with E-state index in [-0.39, 0.29) is 52.8 Å². The number of nitrogens with two attached hydrogens (primary N) is 1. The minimum atomic E-state index is -0.759. The van der Waals surface area contributed by atoms with Crippen LogP contribution >= 0.6 is 0 Å². The Morgan fingerprint density at radius 2 is 2.00 bits per heavy atom. The van der Waals surface area contributed by atoms with Crippen molar-refractivity contribution in [2.75, 3.05) is 26.8 Å². The van der Waals surface area contributed by atoms with Crippen molar-refractivity contribution in [3.63, 3.8) is 0 Å². The van der Waals surface area contributed by atoms with Crippen molar-refractivity contribution in [3.8, 4) is 5.75 Å². The summed E-state index contributed by atoms with van der Waals surface area (Å²) in [6.45, 7) is -0.0542. The molecule has 206 valence electrons. The molecule has 1 aliphatic rings. The molecule has 1 unspecified atom stereocenters. The molecule has 15 nitrogen and oxygen atoms in total. The number of carbonyl (C=O) groups excluding carboxylic acids is 2. The molecule has 0 saturated carbocycles. The number of aromatic nitrogens is 2. The minimum Gasteiger partial charge on any atom is -0.496 e. The Balaban J connectivity index is 1.80. The lowest BCUT2D eigenvalue weighted by molar-refractivity contribution is -0.385. The van der Waals surface area contributed by atoms with Crippen LogP contribution in [0.2, 0.25) is 0 Å². The van der Waals surface area contributed by atoms with E-state index in [4.69, 9.17) is 15.2 Å². The average Bonchev–Trinajstić information content (AvgIpc) is 3.50. The predicted molar refractivity (Wildman–Crippen MR) is 136 cm³/mol. The highest BCUT2D eigenvalue weighted by Gasteiger charge is 2.29. The van der Waals surface area contributed by atoms with Gasteiger partial charge in [0, 0.05) is 36.9 Å². The summed E-state index contributed by atoms with van der Waals surface area (Å²) < 4.78 is 12.0. The van der Waals surface area contributed by atoms with E-state index in [0.29, 0.717) is 13.0 Å². The van der Waals surface area contributed by atoms with Crippen LogP contribution in [0, 0.1) is 20.2 Å². The van der Waals surface area contributed by atoms with Crippen LogP contribution in [0.5, 0.6) is 5.75 Å². The van der Waals surface area contributed by atoms with E-state index in [1.165, 1.54) is 42.3 Å². The Morgan fingerprint density at radius 1 is 1.23 bits per heavy atom. The molecular formula is C24H26N6O9. The summed E-state index contributed by atoms with van der Waals surface area (Å²) in [7, 11) is 1.36. The van der Waals surface area contributed by atoms with E-state index in [2.05, 4.69) is 4.98 Å². The molecule has 0 spiro atoms. The number of nitrogens with one attached hydrogen (secondary N) is 1. The number of nitrogens with zero attached hydrogens (tertiary/aromatic N) is 4. The normalized spacial score (nSPS) is 14.8. The third kappa shape index (κ3) is 5.87. The van der Waals surface area contributed by atoms with Crippen LogP contribution in [0.4, 0.5) is 11.4 Å². The van der Waals surface area contributed by atoms with Crippen molar-refractivity contribution < 1.29 is 28.9 Å². The molecule has 2 amide bonds. The molecule has 15 heteroatoms. The highest BCUT2D eigenvalue weighted by molar-refractivity contribution is 5.91. The maximum Gasteiger partial charge on any atom is 0.326 e. The summed E-state index contributed by atoms with van der Waals surface area (Å²) >= 11 is 0. The summed E-state index contributed by atoms with van der Waals surface area (Å²) in [5.74, 6) is -1.12. The van der Waals surface area contributed by atoms with Crippen molar-refractivity contribution in [3.05, 3.63) is 72.2 Å². The fourth-order valence-electron chi connectivity index (χ4n) is 4.73. The molecule has 1 atom stereocenters. The summed E-state index contributed by atoms with van der Waals surface area (Å²) in [5, 5.41) is 23.3. The van der Waals surface area contributed by atoms with Gasteiger partial charge in [0.05, 0.1) is 59.2 Å². The zero-order valence-corrected chi connectivity index (χ0v) is 21.0. The smallest absolute Gasteiger partial charge is 0.326 e. The first-order valence-electron chi connectivity index (χ1n) is 12.0. The third-order valence-corrected chi connectivity index (χ3v) is 6.49. The maximum absolute atomic E-state index is 13.4. The van der Waals surface area contributed by atoms with Gasteiger partial charge in [0.2, 0.25) is 11.8 Å². The van der Waals surface area contributed by atoms with Gasteiger partial charge in [-0.2, -0.15) is 0 Å². The van der Waals surface area contributed by atoms with Gasteiger partial charge in [-0.25, -0.2) is 4.79 Å². The van der Waals surface area contributed by atoms with Crippen LogP contribution in [0.25, 0.3) is 11.0 Å². The van der Waals surface area contributed by atoms with Crippen LogP contribution in [0.1, 0.15) is 24.0 Å². The van der Waals surface area contributed by atoms with Crippen molar-refractivity contribution >= 4 is 34.2 Å². The standard InChI is InChI=1S/C24H26N6O9/c1-38-20-7-4-15(29(34)35)9-14(20)11-28-23-17(19(30(36)37)6-5-18(23)26-24(28)33)10-22(32)27(13-21(25)31)12-16-3-2-8-39-16/h4-7,9,16H,2-3,8,10-13H2,1H3,(H2,25,31)(H,26,33). The number of H-pyrrole nitrogens is 1. The molecule has 39 heavy (non-hydrogen) atoms. The summed E-state index contributed by atoms with van der Waals surface area (Å²) in [5.41, 5.74) is 4.55. The number of amides is 2.